The number of nitrogens with one attached hydrogen (secondary N) is 1. The fourth-order valence-electron chi connectivity index (χ4n) is 2.23. The lowest BCUT2D eigenvalue weighted by Crippen LogP contribution is -2.45. The van der Waals surface area contributed by atoms with Crippen LogP contribution in [0.2, 0.25) is 0 Å². The van der Waals surface area contributed by atoms with Crippen LogP contribution in [0, 0.1) is 11.8 Å². The highest BCUT2D eigenvalue weighted by atomic mass is 19.4. The monoisotopic (exact) mass is 253 g/mol. The van der Waals surface area contributed by atoms with Gasteiger partial charge in [0.05, 0.1) is 0 Å². The molecule has 0 bridgehead atoms. The third-order valence-corrected chi connectivity index (χ3v) is 3.39. The van der Waals surface area contributed by atoms with Gasteiger partial charge in [-0.1, -0.05) is 19.8 Å². The molecule has 0 radical (unpaired) electrons. The van der Waals surface area contributed by atoms with E-state index in [1.807, 2.05) is 6.92 Å². The summed E-state index contributed by atoms with van der Waals surface area (Å²) in [7, 11) is 0. The fraction of sp³-hybridized carbons (Fsp3) is 0.909. The van der Waals surface area contributed by atoms with Gasteiger partial charge in [0.1, 0.15) is 0 Å². The van der Waals surface area contributed by atoms with Crippen LogP contribution in [0.3, 0.4) is 0 Å². The highest BCUT2D eigenvalue weighted by Gasteiger charge is 2.45. The fourth-order valence-corrected chi connectivity index (χ4v) is 2.23. The summed E-state index contributed by atoms with van der Waals surface area (Å²) in [5, 5.41) is 11.3. The molecule has 1 saturated carbocycles. The van der Waals surface area contributed by atoms with Crippen LogP contribution in [0.15, 0.2) is 0 Å². The molecule has 0 aromatic heterocycles. The van der Waals surface area contributed by atoms with Crippen molar-refractivity contribution in [1.82, 2.24) is 5.32 Å². The van der Waals surface area contributed by atoms with Crippen molar-refractivity contribution in [2.75, 3.05) is 6.54 Å². The third kappa shape index (κ3) is 4.18. The summed E-state index contributed by atoms with van der Waals surface area (Å²) in [5.41, 5.74) is 0. The highest BCUT2D eigenvalue weighted by molar-refractivity contribution is 5.71. The predicted molar refractivity (Wildman–Crippen MR) is 56.6 cm³/mol. The van der Waals surface area contributed by atoms with Crippen molar-refractivity contribution in [1.29, 1.82) is 0 Å². The zero-order valence-corrected chi connectivity index (χ0v) is 9.76. The molecule has 0 aromatic rings. The molecule has 1 fully saturated rings. The summed E-state index contributed by atoms with van der Waals surface area (Å²) in [6, 6.07) is 0.00736. The van der Waals surface area contributed by atoms with Gasteiger partial charge in [-0.25, -0.2) is 0 Å². The van der Waals surface area contributed by atoms with Crippen LogP contribution in [-0.2, 0) is 4.79 Å². The third-order valence-electron chi connectivity index (χ3n) is 3.39. The minimum absolute atomic E-state index is 0.00736. The van der Waals surface area contributed by atoms with E-state index in [0.717, 1.165) is 25.7 Å². The van der Waals surface area contributed by atoms with Gasteiger partial charge >= 0.3 is 12.1 Å². The minimum Gasteiger partial charge on any atom is -0.481 e. The second kappa shape index (κ2) is 5.71. The molecule has 0 heterocycles. The number of rotatable bonds is 4. The Bertz CT molecular complexity index is 268. The van der Waals surface area contributed by atoms with E-state index in [9.17, 15) is 18.0 Å². The molecule has 0 aliphatic heterocycles. The zero-order chi connectivity index (χ0) is 13.1. The number of carboxylic acid groups (broad SMARTS) is 1. The van der Waals surface area contributed by atoms with Crippen LogP contribution in [0.1, 0.15) is 32.6 Å². The predicted octanol–water partition coefficient (Wildman–Crippen LogP) is 2.42. The molecule has 0 aromatic carbocycles. The largest absolute Gasteiger partial charge is 0.481 e. The molecule has 3 unspecified atom stereocenters. The molecule has 1 aliphatic carbocycles. The van der Waals surface area contributed by atoms with Gasteiger partial charge < -0.3 is 10.4 Å². The van der Waals surface area contributed by atoms with E-state index in [1.165, 1.54) is 0 Å². The average molecular weight is 253 g/mol. The van der Waals surface area contributed by atoms with E-state index in [0.29, 0.717) is 5.92 Å². The standard InChI is InChI=1S/C11H18F3NO2/c1-7-4-2-3-5-9(7)15-6-8(10(16)17)11(12,13)14/h7-9,15H,2-6H2,1H3,(H,16,17). The van der Waals surface area contributed by atoms with Crippen molar-refractivity contribution in [2.45, 2.75) is 44.8 Å². The van der Waals surface area contributed by atoms with Crippen LogP contribution in [-0.4, -0.2) is 29.8 Å². The Morgan fingerprint density at radius 2 is 2.00 bits per heavy atom. The van der Waals surface area contributed by atoms with E-state index in [4.69, 9.17) is 5.11 Å². The lowest BCUT2D eigenvalue weighted by atomic mass is 9.85. The lowest BCUT2D eigenvalue weighted by Gasteiger charge is -2.30. The first kappa shape index (κ1) is 14.3. The SMILES string of the molecule is CC1CCCCC1NCC(C(=O)O)C(F)(F)F. The van der Waals surface area contributed by atoms with Crippen LogP contribution in [0.5, 0.6) is 0 Å². The number of hydrogen-bond donors (Lipinski definition) is 2. The highest BCUT2D eigenvalue weighted by Crippen LogP contribution is 2.28. The molecule has 1 aliphatic rings. The quantitative estimate of drug-likeness (QED) is 0.809. The molecule has 0 spiro atoms. The number of carbonyl (C=O) groups is 1. The molecular weight excluding hydrogens is 235 g/mol. The summed E-state index contributed by atoms with van der Waals surface area (Å²) in [4.78, 5) is 10.5. The summed E-state index contributed by atoms with van der Waals surface area (Å²) >= 11 is 0. The van der Waals surface area contributed by atoms with Gasteiger partial charge in [-0.05, 0) is 18.8 Å². The Hall–Kier alpha value is -0.780. The van der Waals surface area contributed by atoms with Crippen molar-refractivity contribution < 1.29 is 23.1 Å². The second-order valence-electron chi connectivity index (χ2n) is 4.71. The number of halogens is 3. The summed E-state index contributed by atoms with van der Waals surface area (Å²) in [6.07, 6.45) is -0.781. The maximum Gasteiger partial charge on any atom is 0.403 e. The maximum atomic E-state index is 12.4. The van der Waals surface area contributed by atoms with Crippen LogP contribution < -0.4 is 5.32 Å². The smallest absolute Gasteiger partial charge is 0.403 e. The van der Waals surface area contributed by atoms with Crippen LogP contribution >= 0.6 is 0 Å². The average Bonchev–Trinajstić information content (AvgIpc) is 2.18. The molecule has 6 heteroatoms. The molecule has 0 saturated heterocycles. The first-order valence-electron chi connectivity index (χ1n) is 5.85. The molecule has 2 N–H and O–H groups in total. The van der Waals surface area contributed by atoms with Crippen molar-refractivity contribution in [3.63, 3.8) is 0 Å². The Morgan fingerprint density at radius 3 is 2.47 bits per heavy atom. The van der Waals surface area contributed by atoms with Gasteiger partial charge in [0, 0.05) is 12.6 Å². The van der Waals surface area contributed by atoms with E-state index in [1.54, 1.807) is 0 Å². The molecular formula is C11H18F3NO2. The van der Waals surface area contributed by atoms with Crippen molar-refractivity contribution in [2.24, 2.45) is 11.8 Å². The van der Waals surface area contributed by atoms with E-state index >= 15 is 0 Å². The molecule has 100 valence electrons. The number of alkyl halides is 3. The number of hydrogen-bond acceptors (Lipinski definition) is 2. The molecule has 0 amide bonds. The van der Waals surface area contributed by atoms with Crippen molar-refractivity contribution >= 4 is 5.97 Å². The van der Waals surface area contributed by atoms with E-state index < -0.39 is 24.6 Å². The Balaban J connectivity index is 2.49. The first-order valence-corrected chi connectivity index (χ1v) is 5.85. The Kier molecular flexibility index (Phi) is 4.80. The Labute approximate surface area is 98.4 Å². The van der Waals surface area contributed by atoms with E-state index in [2.05, 4.69) is 5.32 Å². The maximum absolute atomic E-state index is 12.4. The summed E-state index contributed by atoms with van der Waals surface area (Å²) in [6.45, 7) is 1.45. The van der Waals surface area contributed by atoms with Crippen molar-refractivity contribution in [3.05, 3.63) is 0 Å². The summed E-state index contributed by atoms with van der Waals surface area (Å²) < 4.78 is 37.2. The van der Waals surface area contributed by atoms with E-state index in [-0.39, 0.29) is 6.04 Å². The van der Waals surface area contributed by atoms with Crippen LogP contribution in [0.25, 0.3) is 0 Å². The Morgan fingerprint density at radius 1 is 1.41 bits per heavy atom. The van der Waals surface area contributed by atoms with Crippen LogP contribution in [0.4, 0.5) is 13.2 Å². The summed E-state index contributed by atoms with van der Waals surface area (Å²) in [5.74, 6) is -3.81. The zero-order valence-electron chi connectivity index (χ0n) is 9.76. The van der Waals surface area contributed by atoms with Gasteiger partial charge in [-0.15, -0.1) is 0 Å². The van der Waals surface area contributed by atoms with Gasteiger partial charge in [0.25, 0.3) is 0 Å². The molecule has 3 nitrogen and oxygen atoms in total. The normalized spacial score (nSPS) is 27.8. The number of aliphatic carboxylic acids is 1. The van der Waals surface area contributed by atoms with Gasteiger partial charge in [0.15, 0.2) is 5.92 Å². The molecule has 17 heavy (non-hydrogen) atoms. The topological polar surface area (TPSA) is 49.3 Å². The second-order valence-corrected chi connectivity index (χ2v) is 4.71. The van der Waals surface area contributed by atoms with Gasteiger partial charge in [-0.2, -0.15) is 13.2 Å². The minimum atomic E-state index is -4.68. The van der Waals surface area contributed by atoms with Gasteiger partial charge in [-0.3, -0.25) is 4.79 Å². The first-order chi connectivity index (χ1) is 7.82. The van der Waals surface area contributed by atoms with Gasteiger partial charge in [0.2, 0.25) is 0 Å². The number of carboxylic acids is 1. The van der Waals surface area contributed by atoms with Crippen molar-refractivity contribution in [3.8, 4) is 0 Å². The molecule has 1 rings (SSSR count). The molecule has 3 atom stereocenters. The lowest BCUT2D eigenvalue weighted by molar-refractivity contribution is -0.192.